The van der Waals surface area contributed by atoms with E-state index in [4.69, 9.17) is 0 Å². The number of carbonyl (C=O) groups is 1. The Bertz CT molecular complexity index is 1220. The fourth-order valence-corrected chi connectivity index (χ4v) is 5.98. The van der Waals surface area contributed by atoms with Gasteiger partial charge in [0.1, 0.15) is 5.75 Å². The van der Waals surface area contributed by atoms with Gasteiger partial charge in [-0.05, 0) is 98.2 Å². The zero-order valence-corrected chi connectivity index (χ0v) is 21.2. The lowest BCUT2D eigenvalue weighted by Crippen LogP contribution is -2.40. The fraction of sp³-hybridized carbons (Fsp3) is 0.355. The molecule has 3 heterocycles. The number of nitrogens with zero attached hydrogens (tertiary/aromatic N) is 3. The van der Waals surface area contributed by atoms with Gasteiger partial charge in [-0.15, -0.1) is 0 Å². The number of aromatic nitrogens is 1. The van der Waals surface area contributed by atoms with E-state index in [2.05, 4.69) is 40.2 Å². The highest BCUT2D eigenvalue weighted by atomic mass is 16.3. The van der Waals surface area contributed by atoms with Crippen molar-refractivity contribution in [2.24, 2.45) is 0 Å². The number of pyridine rings is 1. The molecule has 186 valence electrons. The van der Waals surface area contributed by atoms with Crippen molar-refractivity contribution in [3.05, 3.63) is 101 Å². The number of aromatic hydroxyl groups is 1. The summed E-state index contributed by atoms with van der Waals surface area (Å²) in [5, 5.41) is 10.3. The minimum Gasteiger partial charge on any atom is -0.508 e. The van der Waals surface area contributed by atoms with Crippen LogP contribution in [0, 0.1) is 0 Å². The van der Waals surface area contributed by atoms with E-state index >= 15 is 0 Å². The number of phenols is 1. The van der Waals surface area contributed by atoms with E-state index in [1.165, 1.54) is 29.6 Å². The minimum absolute atomic E-state index is 0.0700. The van der Waals surface area contributed by atoms with Crippen LogP contribution >= 0.6 is 0 Å². The summed E-state index contributed by atoms with van der Waals surface area (Å²) >= 11 is 0. The van der Waals surface area contributed by atoms with Crippen LogP contribution in [-0.4, -0.2) is 51.0 Å². The summed E-state index contributed by atoms with van der Waals surface area (Å²) in [6, 6.07) is 20.9. The average Bonchev–Trinajstić information content (AvgIpc) is 3.12. The van der Waals surface area contributed by atoms with Crippen LogP contribution in [0.3, 0.4) is 0 Å². The van der Waals surface area contributed by atoms with Crippen LogP contribution in [-0.2, 0) is 6.54 Å². The average molecular weight is 482 g/mol. The molecule has 2 aliphatic heterocycles. The van der Waals surface area contributed by atoms with Crippen molar-refractivity contribution in [3.8, 4) is 5.75 Å². The van der Waals surface area contributed by atoms with E-state index < -0.39 is 0 Å². The zero-order chi connectivity index (χ0) is 25.1. The fourth-order valence-electron chi connectivity index (χ4n) is 5.98. The first-order chi connectivity index (χ1) is 17.6. The molecule has 0 aliphatic carbocycles. The summed E-state index contributed by atoms with van der Waals surface area (Å²) in [7, 11) is 0. The molecule has 2 fully saturated rings. The number of rotatable bonds is 7. The molecule has 5 nitrogen and oxygen atoms in total. The molecule has 3 aromatic rings. The largest absolute Gasteiger partial charge is 0.508 e. The van der Waals surface area contributed by atoms with Gasteiger partial charge in [0, 0.05) is 49.7 Å². The second-order valence-corrected chi connectivity index (χ2v) is 9.90. The molecule has 2 aliphatic rings. The Morgan fingerprint density at radius 3 is 2.17 bits per heavy atom. The molecule has 0 spiro atoms. The Kier molecular flexibility index (Phi) is 7.19. The first-order valence-corrected chi connectivity index (χ1v) is 13.1. The maximum Gasteiger partial charge on any atom is 0.253 e. The standard InChI is InChI=1S/C31H35N3O2/c1-3-33(4-2)31(36)24-10-8-23(9-11-24)30(25-6-5-7-29(35)20-25)26-18-27-12-13-28(19-26)34(27)21-22-14-16-32-17-15-22/h5-11,14-17,20,27-28,35H,3-4,12-13,18-19,21H2,1-2H3. The normalized spacial score (nSPS) is 19.3. The summed E-state index contributed by atoms with van der Waals surface area (Å²) in [5.41, 5.74) is 6.82. The predicted molar refractivity (Wildman–Crippen MR) is 144 cm³/mol. The SMILES string of the molecule is CCN(CC)C(=O)c1ccc(C(=C2CC3CCC(C2)N3Cc2ccncc2)c2cccc(O)c2)cc1. The van der Waals surface area contributed by atoms with Crippen molar-refractivity contribution in [3.63, 3.8) is 0 Å². The van der Waals surface area contributed by atoms with E-state index in [-0.39, 0.29) is 11.7 Å². The van der Waals surface area contributed by atoms with Gasteiger partial charge in [-0.25, -0.2) is 0 Å². The molecule has 1 amide bonds. The highest BCUT2D eigenvalue weighted by Crippen LogP contribution is 2.43. The first kappa shape index (κ1) is 24.3. The topological polar surface area (TPSA) is 56.7 Å². The van der Waals surface area contributed by atoms with Gasteiger partial charge >= 0.3 is 0 Å². The summed E-state index contributed by atoms with van der Waals surface area (Å²) in [6.45, 7) is 6.39. The second-order valence-electron chi connectivity index (χ2n) is 9.90. The van der Waals surface area contributed by atoms with E-state index in [9.17, 15) is 9.90 Å². The third kappa shape index (κ3) is 4.93. The van der Waals surface area contributed by atoms with Gasteiger partial charge < -0.3 is 10.0 Å². The van der Waals surface area contributed by atoms with Gasteiger partial charge in [0.2, 0.25) is 0 Å². The molecule has 1 aromatic heterocycles. The smallest absolute Gasteiger partial charge is 0.253 e. The van der Waals surface area contributed by atoms with Crippen molar-refractivity contribution >= 4 is 11.5 Å². The summed E-state index contributed by atoms with van der Waals surface area (Å²) < 4.78 is 0. The molecule has 0 saturated carbocycles. The Hall–Kier alpha value is -3.44. The number of hydrogen-bond acceptors (Lipinski definition) is 4. The van der Waals surface area contributed by atoms with Crippen molar-refractivity contribution in [1.29, 1.82) is 0 Å². The van der Waals surface area contributed by atoms with Gasteiger partial charge in [0.15, 0.2) is 0 Å². The number of benzene rings is 2. The second kappa shape index (κ2) is 10.7. The van der Waals surface area contributed by atoms with Crippen LogP contribution in [0.1, 0.15) is 66.6 Å². The van der Waals surface area contributed by atoms with Crippen molar-refractivity contribution < 1.29 is 9.90 Å². The summed E-state index contributed by atoms with van der Waals surface area (Å²) in [6.07, 6.45) is 8.22. The molecule has 5 heteroatoms. The van der Waals surface area contributed by atoms with E-state index in [0.717, 1.165) is 36.1 Å². The molecule has 36 heavy (non-hydrogen) atoms. The maximum absolute atomic E-state index is 12.9. The van der Waals surface area contributed by atoms with Crippen molar-refractivity contribution in [2.75, 3.05) is 13.1 Å². The zero-order valence-electron chi connectivity index (χ0n) is 21.2. The minimum atomic E-state index is 0.0700. The number of amides is 1. The highest BCUT2D eigenvalue weighted by molar-refractivity contribution is 5.95. The summed E-state index contributed by atoms with van der Waals surface area (Å²) in [4.78, 5) is 21.5. The van der Waals surface area contributed by atoms with Crippen LogP contribution in [0.25, 0.3) is 5.57 Å². The van der Waals surface area contributed by atoms with Gasteiger partial charge in [-0.1, -0.05) is 29.8 Å². The van der Waals surface area contributed by atoms with E-state index in [1.807, 2.05) is 55.4 Å². The Morgan fingerprint density at radius 2 is 1.56 bits per heavy atom. The monoisotopic (exact) mass is 481 g/mol. The van der Waals surface area contributed by atoms with Crippen LogP contribution < -0.4 is 0 Å². The number of hydrogen-bond donors (Lipinski definition) is 1. The molecule has 2 saturated heterocycles. The lowest BCUT2D eigenvalue weighted by molar-refractivity contribution is 0.0773. The van der Waals surface area contributed by atoms with Crippen LogP contribution in [0.4, 0.5) is 0 Å². The highest BCUT2D eigenvalue weighted by Gasteiger charge is 2.39. The lowest BCUT2D eigenvalue weighted by Gasteiger charge is -2.37. The van der Waals surface area contributed by atoms with Crippen LogP contribution in [0.5, 0.6) is 5.75 Å². The molecule has 1 N–H and O–H groups in total. The van der Waals surface area contributed by atoms with E-state index in [0.29, 0.717) is 25.2 Å². The number of carbonyl (C=O) groups excluding carboxylic acids is 1. The predicted octanol–water partition coefficient (Wildman–Crippen LogP) is 5.90. The van der Waals surface area contributed by atoms with Crippen molar-refractivity contribution in [2.45, 2.75) is 58.2 Å². The van der Waals surface area contributed by atoms with Crippen LogP contribution in [0.2, 0.25) is 0 Å². The van der Waals surface area contributed by atoms with Gasteiger partial charge in [0.05, 0.1) is 0 Å². The first-order valence-electron chi connectivity index (χ1n) is 13.1. The molecule has 2 bridgehead atoms. The molecule has 0 radical (unpaired) electrons. The quantitative estimate of drug-likeness (QED) is 0.457. The Balaban J connectivity index is 1.48. The molecular weight excluding hydrogens is 446 g/mol. The van der Waals surface area contributed by atoms with Gasteiger partial charge in [-0.2, -0.15) is 0 Å². The number of phenolic OH excluding ortho intramolecular Hbond substituents is 1. The maximum atomic E-state index is 12.9. The lowest BCUT2D eigenvalue weighted by atomic mass is 9.85. The van der Waals surface area contributed by atoms with Crippen molar-refractivity contribution in [1.82, 2.24) is 14.8 Å². The molecule has 2 unspecified atom stereocenters. The Morgan fingerprint density at radius 1 is 0.917 bits per heavy atom. The van der Waals surface area contributed by atoms with Gasteiger partial charge in [0.25, 0.3) is 5.91 Å². The molecule has 2 atom stereocenters. The van der Waals surface area contributed by atoms with Gasteiger partial charge in [-0.3, -0.25) is 14.7 Å². The number of piperidine rings is 1. The Labute approximate surface area is 214 Å². The third-order valence-electron chi connectivity index (χ3n) is 7.81. The third-order valence-corrected chi connectivity index (χ3v) is 7.81. The number of fused-ring (bicyclic) bond motifs is 2. The van der Waals surface area contributed by atoms with E-state index in [1.54, 1.807) is 6.07 Å². The summed E-state index contributed by atoms with van der Waals surface area (Å²) in [5.74, 6) is 0.345. The van der Waals surface area contributed by atoms with Crippen LogP contribution in [0.15, 0.2) is 78.6 Å². The molecular formula is C31H35N3O2. The molecule has 2 aromatic carbocycles. The molecule has 5 rings (SSSR count).